The van der Waals surface area contributed by atoms with Gasteiger partial charge in [0, 0.05) is 25.8 Å². The highest BCUT2D eigenvalue weighted by molar-refractivity contribution is 5.99. The van der Waals surface area contributed by atoms with E-state index in [1.165, 1.54) is 12.1 Å². The average Bonchev–Trinajstić information content (AvgIpc) is 2.99. The Morgan fingerprint density at radius 3 is 3.00 bits per heavy atom. The summed E-state index contributed by atoms with van der Waals surface area (Å²) in [4.78, 5) is 12.1. The monoisotopic (exact) mass is 291 g/mol. The van der Waals surface area contributed by atoms with Crippen molar-refractivity contribution in [1.29, 1.82) is 0 Å². The fourth-order valence-corrected chi connectivity index (χ4v) is 1.96. The smallest absolute Gasteiger partial charge is 0.253 e. The van der Waals surface area contributed by atoms with Crippen LogP contribution in [-0.4, -0.2) is 34.0 Å². The number of carbonyl (C=O) groups excluding carboxylic acids is 1. The van der Waals surface area contributed by atoms with E-state index in [0.29, 0.717) is 25.2 Å². The molecule has 2 N–H and O–H groups in total. The summed E-state index contributed by atoms with van der Waals surface area (Å²) in [6, 6.07) is 4.47. The summed E-state index contributed by atoms with van der Waals surface area (Å²) < 4.78 is 15.4. The highest BCUT2D eigenvalue weighted by Gasteiger charge is 2.13. The van der Waals surface area contributed by atoms with Crippen LogP contribution in [-0.2, 0) is 6.54 Å². The van der Waals surface area contributed by atoms with Gasteiger partial charge in [-0.05, 0) is 25.5 Å². The zero-order chi connectivity index (χ0) is 15.1. The number of benzene rings is 1. The second kappa shape index (κ2) is 7.37. The lowest BCUT2D eigenvalue weighted by Gasteiger charge is -2.12. The Bertz CT molecular complexity index is 585. The molecule has 0 bridgehead atoms. The summed E-state index contributed by atoms with van der Waals surface area (Å²) in [6.07, 6.45) is 4.09. The molecule has 0 unspecified atom stereocenters. The van der Waals surface area contributed by atoms with Crippen LogP contribution in [0.5, 0.6) is 0 Å². The number of nitrogens with zero attached hydrogens (tertiary/aromatic N) is 3. The summed E-state index contributed by atoms with van der Waals surface area (Å²) in [5.74, 6) is -0.712. The molecule has 0 atom stereocenters. The number of para-hydroxylation sites is 1. The maximum atomic E-state index is 13.7. The first kappa shape index (κ1) is 15.0. The number of aryl methyl sites for hydroxylation is 1. The van der Waals surface area contributed by atoms with Crippen molar-refractivity contribution < 1.29 is 9.18 Å². The average molecular weight is 291 g/mol. The molecule has 0 radical (unpaired) electrons. The number of carbonyl (C=O) groups is 1. The van der Waals surface area contributed by atoms with E-state index in [2.05, 4.69) is 20.9 Å². The molecule has 112 valence electrons. The zero-order valence-electron chi connectivity index (χ0n) is 11.8. The Labute approximate surface area is 122 Å². The van der Waals surface area contributed by atoms with Crippen molar-refractivity contribution in [2.24, 2.45) is 0 Å². The second-order valence-corrected chi connectivity index (χ2v) is 4.47. The fraction of sp³-hybridized carbons (Fsp3) is 0.357. The number of hydrogen-bond acceptors (Lipinski definition) is 4. The van der Waals surface area contributed by atoms with E-state index in [-0.39, 0.29) is 11.6 Å². The third-order valence-corrected chi connectivity index (χ3v) is 2.93. The summed E-state index contributed by atoms with van der Waals surface area (Å²) in [5, 5.41) is 13.2. The lowest BCUT2D eigenvalue weighted by molar-refractivity contribution is 0.0953. The number of aromatic nitrogens is 3. The largest absolute Gasteiger partial charge is 0.382 e. The number of rotatable bonds is 7. The minimum Gasteiger partial charge on any atom is -0.382 e. The molecule has 0 aliphatic carbocycles. The molecule has 0 fully saturated rings. The van der Waals surface area contributed by atoms with E-state index in [1.54, 1.807) is 23.1 Å². The van der Waals surface area contributed by atoms with Gasteiger partial charge in [0.1, 0.15) is 5.82 Å². The molecule has 21 heavy (non-hydrogen) atoms. The molecular weight excluding hydrogens is 273 g/mol. The van der Waals surface area contributed by atoms with Crippen LogP contribution in [0.1, 0.15) is 23.7 Å². The van der Waals surface area contributed by atoms with E-state index in [1.807, 2.05) is 6.92 Å². The van der Waals surface area contributed by atoms with Gasteiger partial charge in [0.25, 0.3) is 5.91 Å². The first-order valence-corrected chi connectivity index (χ1v) is 6.87. The Hall–Kier alpha value is -2.44. The minimum atomic E-state index is -0.424. The van der Waals surface area contributed by atoms with Gasteiger partial charge in [-0.2, -0.15) is 0 Å². The highest BCUT2D eigenvalue weighted by Crippen LogP contribution is 2.19. The van der Waals surface area contributed by atoms with Gasteiger partial charge < -0.3 is 10.6 Å². The van der Waals surface area contributed by atoms with Crippen molar-refractivity contribution in [1.82, 2.24) is 20.3 Å². The van der Waals surface area contributed by atoms with Crippen LogP contribution in [0.4, 0.5) is 10.1 Å². The molecule has 0 saturated carbocycles. The van der Waals surface area contributed by atoms with Gasteiger partial charge in [-0.25, -0.2) is 4.39 Å². The predicted octanol–water partition coefficient (Wildman–Crippen LogP) is 1.67. The van der Waals surface area contributed by atoms with Crippen molar-refractivity contribution in [2.75, 3.05) is 18.4 Å². The van der Waals surface area contributed by atoms with Gasteiger partial charge in [-0.1, -0.05) is 11.3 Å². The summed E-state index contributed by atoms with van der Waals surface area (Å²) >= 11 is 0. The molecule has 2 rings (SSSR count). The molecule has 1 aromatic heterocycles. The topological polar surface area (TPSA) is 71.8 Å². The quantitative estimate of drug-likeness (QED) is 0.761. The summed E-state index contributed by atoms with van der Waals surface area (Å²) in [6.45, 7) is 3.56. The first-order valence-electron chi connectivity index (χ1n) is 6.87. The van der Waals surface area contributed by atoms with Crippen LogP contribution in [0, 0.1) is 5.82 Å². The van der Waals surface area contributed by atoms with E-state index in [9.17, 15) is 9.18 Å². The molecule has 2 aromatic rings. The predicted molar refractivity (Wildman–Crippen MR) is 77.5 cm³/mol. The van der Waals surface area contributed by atoms with E-state index in [0.717, 1.165) is 6.42 Å². The van der Waals surface area contributed by atoms with Crippen molar-refractivity contribution in [2.45, 2.75) is 19.9 Å². The van der Waals surface area contributed by atoms with Gasteiger partial charge >= 0.3 is 0 Å². The fourth-order valence-electron chi connectivity index (χ4n) is 1.96. The van der Waals surface area contributed by atoms with Gasteiger partial charge in [0.15, 0.2) is 0 Å². The SMILES string of the molecule is CCNc1c(F)cccc1C(=O)NCCCn1ccnn1. The van der Waals surface area contributed by atoms with E-state index >= 15 is 0 Å². The van der Waals surface area contributed by atoms with E-state index < -0.39 is 5.82 Å². The zero-order valence-corrected chi connectivity index (χ0v) is 11.8. The molecular formula is C14H18FN5O. The van der Waals surface area contributed by atoms with Crippen LogP contribution in [0.25, 0.3) is 0 Å². The third kappa shape index (κ3) is 4.01. The molecule has 1 aromatic carbocycles. The van der Waals surface area contributed by atoms with E-state index in [4.69, 9.17) is 0 Å². The number of nitrogens with one attached hydrogen (secondary N) is 2. The summed E-state index contributed by atoms with van der Waals surface area (Å²) in [5.41, 5.74) is 0.561. The maximum Gasteiger partial charge on any atom is 0.253 e. The third-order valence-electron chi connectivity index (χ3n) is 2.93. The molecule has 1 amide bonds. The van der Waals surface area contributed by atoms with Crippen molar-refractivity contribution in [3.63, 3.8) is 0 Å². The first-order chi connectivity index (χ1) is 10.2. The molecule has 0 saturated heterocycles. The lowest BCUT2D eigenvalue weighted by Crippen LogP contribution is -2.26. The number of amides is 1. The summed E-state index contributed by atoms with van der Waals surface area (Å²) in [7, 11) is 0. The molecule has 1 heterocycles. The molecule has 0 aliphatic rings. The van der Waals surface area contributed by atoms with Gasteiger partial charge in [-0.3, -0.25) is 9.48 Å². The number of anilines is 1. The van der Waals surface area contributed by atoms with Crippen molar-refractivity contribution in [3.05, 3.63) is 42.0 Å². The Balaban J connectivity index is 1.89. The molecule has 6 nitrogen and oxygen atoms in total. The Morgan fingerprint density at radius 2 is 2.29 bits per heavy atom. The van der Waals surface area contributed by atoms with Crippen LogP contribution >= 0.6 is 0 Å². The maximum absolute atomic E-state index is 13.7. The van der Waals surface area contributed by atoms with Gasteiger partial charge in [0.05, 0.1) is 17.4 Å². The van der Waals surface area contributed by atoms with Gasteiger partial charge in [-0.15, -0.1) is 5.10 Å². The van der Waals surface area contributed by atoms with Crippen LogP contribution in [0.3, 0.4) is 0 Å². The van der Waals surface area contributed by atoms with Crippen molar-refractivity contribution in [3.8, 4) is 0 Å². The molecule has 7 heteroatoms. The second-order valence-electron chi connectivity index (χ2n) is 4.47. The van der Waals surface area contributed by atoms with Gasteiger partial charge in [0.2, 0.25) is 0 Å². The molecule has 0 aliphatic heterocycles. The lowest BCUT2D eigenvalue weighted by atomic mass is 10.1. The number of hydrogen-bond donors (Lipinski definition) is 2. The number of halogens is 1. The standard InChI is InChI=1S/C14H18FN5O/c1-2-16-13-11(5-3-6-12(13)15)14(21)17-7-4-9-20-10-8-18-19-20/h3,5-6,8,10,16H,2,4,7,9H2,1H3,(H,17,21). The highest BCUT2D eigenvalue weighted by atomic mass is 19.1. The minimum absolute atomic E-state index is 0.244. The Morgan fingerprint density at radius 1 is 1.43 bits per heavy atom. The molecule has 0 spiro atoms. The van der Waals surface area contributed by atoms with Crippen LogP contribution in [0.15, 0.2) is 30.6 Å². The Kier molecular flexibility index (Phi) is 5.25. The van der Waals surface area contributed by atoms with Crippen molar-refractivity contribution >= 4 is 11.6 Å². The van der Waals surface area contributed by atoms with Crippen LogP contribution < -0.4 is 10.6 Å². The van der Waals surface area contributed by atoms with Crippen LogP contribution in [0.2, 0.25) is 0 Å². The normalized spacial score (nSPS) is 10.4.